The maximum atomic E-state index is 12.0. The van der Waals surface area contributed by atoms with Gasteiger partial charge < -0.3 is 5.73 Å². The van der Waals surface area contributed by atoms with E-state index in [1.165, 1.54) is 12.3 Å². The van der Waals surface area contributed by atoms with Gasteiger partial charge in [0, 0.05) is 17.9 Å². The van der Waals surface area contributed by atoms with Gasteiger partial charge in [-0.15, -0.1) is 0 Å². The molecule has 0 saturated heterocycles. The Morgan fingerprint density at radius 2 is 2.14 bits per heavy atom. The summed E-state index contributed by atoms with van der Waals surface area (Å²) in [5.74, 6) is 0. The molecule has 0 aliphatic rings. The third-order valence-corrected chi connectivity index (χ3v) is 1.80. The summed E-state index contributed by atoms with van der Waals surface area (Å²) >= 11 is 0. The van der Waals surface area contributed by atoms with Crippen molar-refractivity contribution in [1.29, 1.82) is 0 Å². The zero-order valence-corrected chi connectivity index (χ0v) is 7.67. The van der Waals surface area contributed by atoms with Gasteiger partial charge in [-0.25, -0.2) is 0 Å². The first-order valence-electron chi connectivity index (χ1n) is 4.13. The number of halogens is 3. The van der Waals surface area contributed by atoms with Gasteiger partial charge >= 0.3 is 6.18 Å². The Labute approximate surface area is 79.9 Å². The van der Waals surface area contributed by atoms with Crippen molar-refractivity contribution in [2.24, 2.45) is 5.73 Å². The average Bonchev–Trinajstić information content (AvgIpc) is 2.01. The monoisotopic (exact) mass is 204 g/mol. The highest BCUT2D eigenvalue weighted by Crippen LogP contribution is 2.27. The van der Waals surface area contributed by atoms with Crippen LogP contribution in [0.2, 0.25) is 0 Å². The van der Waals surface area contributed by atoms with Crippen molar-refractivity contribution in [3.05, 3.63) is 29.6 Å². The first-order chi connectivity index (χ1) is 6.38. The van der Waals surface area contributed by atoms with Crippen LogP contribution in [0, 0.1) is 6.92 Å². The lowest BCUT2D eigenvalue weighted by Crippen LogP contribution is -2.20. The lowest BCUT2D eigenvalue weighted by Gasteiger charge is -2.14. The molecule has 2 nitrogen and oxygen atoms in total. The number of nitrogens with zero attached hydrogens (tertiary/aromatic N) is 1. The zero-order chi connectivity index (χ0) is 10.8. The molecule has 0 radical (unpaired) electrons. The number of aromatic nitrogens is 1. The van der Waals surface area contributed by atoms with Gasteiger partial charge in [-0.3, -0.25) is 4.98 Å². The fourth-order valence-electron chi connectivity index (χ4n) is 1.17. The quantitative estimate of drug-likeness (QED) is 0.803. The van der Waals surface area contributed by atoms with E-state index >= 15 is 0 Å². The molecule has 78 valence electrons. The summed E-state index contributed by atoms with van der Waals surface area (Å²) < 4.78 is 36.0. The molecule has 0 aliphatic heterocycles. The number of nitrogens with two attached hydrogens (primary N) is 1. The fraction of sp³-hybridized carbons (Fsp3) is 0.444. The summed E-state index contributed by atoms with van der Waals surface area (Å²) in [6.45, 7) is 1.71. The van der Waals surface area contributed by atoms with E-state index in [0.717, 1.165) is 0 Å². The van der Waals surface area contributed by atoms with Gasteiger partial charge in [0.15, 0.2) is 0 Å². The summed E-state index contributed by atoms with van der Waals surface area (Å²) in [5.41, 5.74) is 6.54. The second-order valence-electron chi connectivity index (χ2n) is 3.16. The molecular formula is C9H11F3N2. The first kappa shape index (κ1) is 11.0. The smallest absolute Gasteiger partial charge is 0.324 e. The van der Waals surface area contributed by atoms with Crippen LogP contribution in [0.1, 0.15) is 23.7 Å². The summed E-state index contributed by atoms with van der Waals surface area (Å²) in [6, 6.07) is 2.07. The van der Waals surface area contributed by atoms with Gasteiger partial charge in [0.1, 0.15) is 0 Å². The Bertz CT molecular complexity index is 309. The third kappa shape index (κ3) is 3.33. The highest BCUT2D eigenvalue weighted by molar-refractivity contribution is 5.19. The van der Waals surface area contributed by atoms with E-state index in [0.29, 0.717) is 11.3 Å². The highest BCUT2D eigenvalue weighted by atomic mass is 19.4. The van der Waals surface area contributed by atoms with E-state index in [9.17, 15) is 13.2 Å². The SMILES string of the molecule is Cc1cc([C@H](N)CC(F)(F)F)ccn1. The van der Waals surface area contributed by atoms with E-state index < -0.39 is 18.6 Å². The Balaban J connectivity index is 2.74. The van der Waals surface area contributed by atoms with Gasteiger partial charge in [0.25, 0.3) is 0 Å². The van der Waals surface area contributed by atoms with Crippen LogP contribution in [-0.2, 0) is 0 Å². The van der Waals surface area contributed by atoms with Crippen LogP contribution in [0.3, 0.4) is 0 Å². The molecule has 1 rings (SSSR count). The van der Waals surface area contributed by atoms with Crippen LogP contribution in [0.5, 0.6) is 0 Å². The minimum absolute atomic E-state index is 0.467. The third-order valence-electron chi connectivity index (χ3n) is 1.80. The molecular weight excluding hydrogens is 193 g/mol. The van der Waals surface area contributed by atoms with Crippen LogP contribution in [-0.4, -0.2) is 11.2 Å². The molecule has 2 N–H and O–H groups in total. The minimum atomic E-state index is -4.23. The molecule has 14 heavy (non-hydrogen) atoms. The summed E-state index contributed by atoms with van der Waals surface area (Å²) in [7, 11) is 0. The molecule has 1 aromatic rings. The summed E-state index contributed by atoms with van der Waals surface area (Å²) in [5, 5.41) is 0. The molecule has 1 heterocycles. The number of aryl methyl sites for hydroxylation is 1. The van der Waals surface area contributed by atoms with Crippen molar-refractivity contribution in [3.63, 3.8) is 0 Å². The summed E-state index contributed by atoms with van der Waals surface area (Å²) in [4.78, 5) is 3.88. The largest absolute Gasteiger partial charge is 0.390 e. The maximum absolute atomic E-state index is 12.0. The van der Waals surface area contributed by atoms with Crippen molar-refractivity contribution in [3.8, 4) is 0 Å². The van der Waals surface area contributed by atoms with Crippen molar-refractivity contribution in [2.75, 3.05) is 0 Å². The number of hydrogen-bond donors (Lipinski definition) is 1. The van der Waals surface area contributed by atoms with Gasteiger partial charge in [0.05, 0.1) is 6.42 Å². The Hall–Kier alpha value is -1.10. The average molecular weight is 204 g/mol. The predicted octanol–water partition coefficient (Wildman–Crippen LogP) is 2.34. The molecule has 5 heteroatoms. The summed E-state index contributed by atoms with van der Waals surface area (Å²) in [6.07, 6.45) is -3.77. The van der Waals surface area contributed by atoms with Crippen molar-refractivity contribution in [1.82, 2.24) is 4.98 Å². The van der Waals surface area contributed by atoms with Gasteiger partial charge in [-0.1, -0.05) is 0 Å². The molecule has 0 unspecified atom stereocenters. The Morgan fingerprint density at radius 3 is 2.64 bits per heavy atom. The fourth-order valence-corrected chi connectivity index (χ4v) is 1.17. The van der Waals surface area contributed by atoms with Crippen LogP contribution < -0.4 is 5.73 Å². The molecule has 1 aromatic heterocycles. The molecule has 0 bridgehead atoms. The first-order valence-corrected chi connectivity index (χ1v) is 4.13. The van der Waals surface area contributed by atoms with E-state index in [4.69, 9.17) is 5.73 Å². The minimum Gasteiger partial charge on any atom is -0.324 e. The number of hydrogen-bond acceptors (Lipinski definition) is 2. The zero-order valence-electron chi connectivity index (χ0n) is 7.67. The van der Waals surface area contributed by atoms with Crippen LogP contribution >= 0.6 is 0 Å². The Kier molecular flexibility index (Phi) is 3.10. The Morgan fingerprint density at radius 1 is 1.50 bits per heavy atom. The standard InChI is InChI=1S/C9H11F3N2/c1-6-4-7(2-3-14-6)8(13)5-9(10,11)12/h2-4,8H,5,13H2,1H3/t8-/m1/s1. The second kappa shape index (κ2) is 3.96. The molecule has 0 aliphatic carbocycles. The normalized spacial score (nSPS) is 14.1. The lowest BCUT2D eigenvalue weighted by molar-refractivity contribution is -0.138. The molecule has 0 spiro atoms. The van der Waals surface area contributed by atoms with Crippen LogP contribution in [0.25, 0.3) is 0 Å². The lowest BCUT2D eigenvalue weighted by atomic mass is 10.1. The maximum Gasteiger partial charge on any atom is 0.390 e. The van der Waals surface area contributed by atoms with E-state index in [1.807, 2.05) is 0 Å². The van der Waals surface area contributed by atoms with Gasteiger partial charge in [0.2, 0.25) is 0 Å². The van der Waals surface area contributed by atoms with E-state index in [1.54, 1.807) is 13.0 Å². The van der Waals surface area contributed by atoms with Crippen molar-refractivity contribution in [2.45, 2.75) is 25.6 Å². The molecule has 0 aromatic carbocycles. The molecule has 0 amide bonds. The van der Waals surface area contributed by atoms with Crippen molar-refractivity contribution < 1.29 is 13.2 Å². The molecule has 0 fully saturated rings. The van der Waals surface area contributed by atoms with Crippen LogP contribution in [0.15, 0.2) is 18.3 Å². The van der Waals surface area contributed by atoms with Gasteiger partial charge in [-0.05, 0) is 24.6 Å². The van der Waals surface area contributed by atoms with Gasteiger partial charge in [-0.2, -0.15) is 13.2 Å². The predicted molar refractivity (Wildman–Crippen MR) is 46.6 cm³/mol. The van der Waals surface area contributed by atoms with E-state index in [-0.39, 0.29) is 0 Å². The molecule has 0 saturated carbocycles. The number of alkyl halides is 3. The topological polar surface area (TPSA) is 38.9 Å². The van der Waals surface area contributed by atoms with Crippen molar-refractivity contribution >= 4 is 0 Å². The van der Waals surface area contributed by atoms with Crippen LogP contribution in [0.4, 0.5) is 13.2 Å². The highest BCUT2D eigenvalue weighted by Gasteiger charge is 2.30. The number of pyridine rings is 1. The molecule has 1 atom stereocenters. The second-order valence-corrected chi connectivity index (χ2v) is 3.16. The number of rotatable bonds is 2. The van der Waals surface area contributed by atoms with E-state index in [2.05, 4.69) is 4.98 Å².